The van der Waals surface area contributed by atoms with Gasteiger partial charge in [-0.3, -0.25) is 4.79 Å². The van der Waals surface area contributed by atoms with E-state index in [9.17, 15) is 14.7 Å². The van der Waals surface area contributed by atoms with Crippen molar-refractivity contribution in [1.82, 2.24) is 20.2 Å². The van der Waals surface area contributed by atoms with Crippen LogP contribution in [0, 0.1) is 4.77 Å². The summed E-state index contributed by atoms with van der Waals surface area (Å²) in [6, 6.07) is 13.5. The van der Waals surface area contributed by atoms with E-state index in [-0.39, 0.29) is 46.8 Å². The van der Waals surface area contributed by atoms with Crippen LogP contribution in [0.4, 0.5) is 11.4 Å². The fourth-order valence-corrected chi connectivity index (χ4v) is 2.82. The average Bonchev–Trinajstić information content (AvgIpc) is 3.17. The zero-order valence-electron chi connectivity index (χ0n) is 16.7. The SMILES string of the molecule is C=C/C=C\N(CC(=O)[O-])c1ccc(C(=O)Nc2cccc(-n3[nH]nnc3=S)c2)cc1.[Na+]. The van der Waals surface area contributed by atoms with Gasteiger partial charge in [-0.2, -0.15) is 5.21 Å². The first kappa shape index (κ1) is 24.2. The summed E-state index contributed by atoms with van der Waals surface area (Å²) < 4.78 is 1.77. The molecule has 11 heteroatoms. The maximum absolute atomic E-state index is 12.6. The number of H-pyrrole nitrogens is 1. The molecular formula is C20H17N6NaO3S. The Labute approximate surface area is 205 Å². The molecule has 1 aromatic heterocycles. The van der Waals surface area contributed by atoms with E-state index >= 15 is 0 Å². The molecule has 1 amide bonds. The van der Waals surface area contributed by atoms with Crippen molar-refractivity contribution in [3.63, 3.8) is 0 Å². The number of rotatable bonds is 8. The Hall–Kier alpha value is -3.05. The van der Waals surface area contributed by atoms with Crippen LogP contribution < -0.4 is 44.9 Å². The average molecular weight is 444 g/mol. The summed E-state index contributed by atoms with van der Waals surface area (Å²) in [7, 11) is 0. The number of carboxylic acid groups (broad SMARTS) is 1. The van der Waals surface area contributed by atoms with E-state index in [0.29, 0.717) is 22.6 Å². The van der Waals surface area contributed by atoms with Crippen LogP contribution >= 0.6 is 12.2 Å². The molecule has 0 aliphatic carbocycles. The maximum Gasteiger partial charge on any atom is 1.00 e. The monoisotopic (exact) mass is 444 g/mol. The molecule has 2 aromatic carbocycles. The third-order valence-electron chi connectivity index (χ3n) is 4.00. The zero-order chi connectivity index (χ0) is 21.5. The van der Waals surface area contributed by atoms with E-state index in [1.54, 1.807) is 60.8 Å². The van der Waals surface area contributed by atoms with Crippen LogP contribution in [0.5, 0.6) is 0 Å². The van der Waals surface area contributed by atoms with Crippen molar-refractivity contribution < 1.29 is 44.3 Å². The van der Waals surface area contributed by atoms with Gasteiger partial charge in [0.25, 0.3) is 5.91 Å². The van der Waals surface area contributed by atoms with Gasteiger partial charge in [0.05, 0.1) is 18.2 Å². The van der Waals surface area contributed by atoms with Gasteiger partial charge in [0.15, 0.2) is 0 Å². The van der Waals surface area contributed by atoms with Gasteiger partial charge in [-0.15, -0.1) is 0 Å². The maximum atomic E-state index is 12.6. The molecule has 0 aliphatic rings. The van der Waals surface area contributed by atoms with Crippen LogP contribution in [0.2, 0.25) is 0 Å². The second-order valence-electron chi connectivity index (χ2n) is 6.05. The quantitative estimate of drug-likeness (QED) is 0.256. The normalized spacial score (nSPS) is 10.3. The summed E-state index contributed by atoms with van der Waals surface area (Å²) >= 11 is 5.08. The topological polar surface area (TPSA) is 119 Å². The number of hydrogen-bond donors (Lipinski definition) is 2. The molecule has 2 N–H and O–H groups in total. The molecule has 1 heterocycles. The Kier molecular flexibility index (Phi) is 8.88. The van der Waals surface area contributed by atoms with Gasteiger partial charge in [0.2, 0.25) is 4.77 Å². The Morgan fingerprint density at radius 3 is 2.61 bits per heavy atom. The molecule has 0 unspecified atom stereocenters. The van der Waals surface area contributed by atoms with Crippen LogP contribution in [0.25, 0.3) is 5.69 Å². The van der Waals surface area contributed by atoms with Crippen molar-refractivity contribution in [2.75, 3.05) is 16.8 Å². The van der Waals surface area contributed by atoms with E-state index in [0.717, 1.165) is 0 Å². The molecule has 0 spiro atoms. The first-order valence-corrected chi connectivity index (χ1v) is 9.16. The van der Waals surface area contributed by atoms with Crippen LogP contribution in [-0.4, -0.2) is 38.6 Å². The number of aliphatic carboxylic acids is 1. The van der Waals surface area contributed by atoms with E-state index < -0.39 is 5.97 Å². The molecule has 152 valence electrons. The molecule has 3 aromatic rings. The molecule has 0 fully saturated rings. The van der Waals surface area contributed by atoms with Gasteiger partial charge < -0.3 is 20.1 Å². The molecule has 9 nitrogen and oxygen atoms in total. The molecule has 31 heavy (non-hydrogen) atoms. The van der Waals surface area contributed by atoms with E-state index in [1.807, 2.05) is 0 Å². The van der Waals surface area contributed by atoms with Crippen LogP contribution in [0.3, 0.4) is 0 Å². The second kappa shape index (κ2) is 11.4. The van der Waals surface area contributed by atoms with Crippen LogP contribution in [0.1, 0.15) is 10.4 Å². The molecule has 0 aliphatic heterocycles. The Morgan fingerprint density at radius 1 is 1.26 bits per heavy atom. The van der Waals surface area contributed by atoms with E-state index in [2.05, 4.69) is 27.4 Å². The number of nitrogens with zero attached hydrogens (tertiary/aromatic N) is 4. The zero-order valence-corrected chi connectivity index (χ0v) is 19.5. The number of amides is 1. The summed E-state index contributed by atoms with van der Waals surface area (Å²) in [4.78, 5) is 25.0. The molecular weight excluding hydrogens is 427 g/mol. The van der Waals surface area contributed by atoms with Crippen LogP contribution in [0.15, 0.2) is 73.5 Å². The van der Waals surface area contributed by atoms with Crippen molar-refractivity contribution in [3.8, 4) is 5.69 Å². The molecule has 0 atom stereocenters. The van der Waals surface area contributed by atoms with Crippen LogP contribution in [-0.2, 0) is 4.79 Å². The van der Waals surface area contributed by atoms with Gasteiger partial charge >= 0.3 is 29.6 Å². The molecule has 0 saturated heterocycles. The van der Waals surface area contributed by atoms with Gasteiger partial charge in [0.1, 0.15) is 0 Å². The van der Waals surface area contributed by atoms with Crippen molar-refractivity contribution in [3.05, 3.63) is 83.8 Å². The minimum atomic E-state index is -1.22. The number of carbonyl (C=O) groups is 2. The first-order chi connectivity index (χ1) is 14.5. The number of aromatic amines is 1. The first-order valence-electron chi connectivity index (χ1n) is 8.75. The Morgan fingerprint density at radius 2 is 2.00 bits per heavy atom. The van der Waals surface area contributed by atoms with E-state index in [4.69, 9.17) is 12.2 Å². The van der Waals surface area contributed by atoms with Gasteiger partial charge in [-0.05, 0) is 60.8 Å². The van der Waals surface area contributed by atoms with Crippen molar-refractivity contribution in [2.45, 2.75) is 0 Å². The number of carbonyl (C=O) groups excluding carboxylic acids is 2. The minimum Gasteiger partial charge on any atom is -0.548 e. The van der Waals surface area contributed by atoms with Crippen molar-refractivity contribution in [1.29, 1.82) is 0 Å². The second-order valence-corrected chi connectivity index (χ2v) is 6.41. The summed E-state index contributed by atoms with van der Waals surface area (Å²) in [6.45, 7) is 3.24. The fourth-order valence-electron chi connectivity index (χ4n) is 2.63. The number of anilines is 2. The third kappa shape index (κ3) is 6.46. The number of tetrazole rings is 1. The number of allylic oxidation sites excluding steroid dienone is 2. The molecule has 0 radical (unpaired) electrons. The molecule has 0 bridgehead atoms. The predicted octanol–water partition coefficient (Wildman–Crippen LogP) is -1.16. The summed E-state index contributed by atoms with van der Waals surface area (Å²) in [5.74, 6) is -1.55. The predicted molar refractivity (Wildman–Crippen MR) is 113 cm³/mol. The Balaban J connectivity index is 0.00000341. The smallest absolute Gasteiger partial charge is 0.548 e. The minimum absolute atomic E-state index is 0. The Bertz CT molecular complexity index is 1160. The number of hydrogen-bond acceptors (Lipinski definition) is 7. The van der Waals surface area contributed by atoms with Gasteiger partial charge in [-0.1, -0.05) is 29.0 Å². The standard InChI is InChI=1S/C20H18N6O3S.Na/c1-2-3-11-25(13-18(27)28)16-9-7-14(8-10-16)19(29)21-15-5-4-6-17(12-15)26-20(30)22-23-24-26;/h2-12H,1,13H2,(H,21,29)(H,27,28)(H,22,24,30);/q;+1/p-1/b11-3-;. The van der Waals surface area contributed by atoms with Crippen molar-refractivity contribution >= 4 is 35.5 Å². The number of aromatic nitrogens is 4. The number of nitrogens with one attached hydrogen (secondary N) is 2. The van der Waals surface area contributed by atoms with Gasteiger partial charge in [0, 0.05) is 23.1 Å². The largest absolute Gasteiger partial charge is 1.00 e. The molecule has 0 saturated carbocycles. The summed E-state index contributed by atoms with van der Waals surface area (Å²) in [6.07, 6.45) is 4.71. The van der Waals surface area contributed by atoms with Crippen molar-refractivity contribution in [2.24, 2.45) is 0 Å². The third-order valence-corrected chi connectivity index (χ3v) is 4.26. The van der Waals surface area contributed by atoms with E-state index in [1.165, 1.54) is 15.7 Å². The fraction of sp³-hybridized carbons (Fsp3) is 0.0500. The number of benzene rings is 2. The molecule has 3 rings (SSSR count). The summed E-state index contributed by atoms with van der Waals surface area (Å²) in [5.41, 5.74) is 2.23. The summed E-state index contributed by atoms with van der Waals surface area (Å²) in [5, 5.41) is 23.8. The van der Waals surface area contributed by atoms with Gasteiger partial charge in [-0.25, -0.2) is 4.68 Å². The number of carboxylic acids is 1.